The van der Waals surface area contributed by atoms with Gasteiger partial charge in [-0.05, 0) is 49.2 Å². The molecule has 0 radical (unpaired) electrons. The zero-order valence-electron chi connectivity index (χ0n) is 11.4. The van der Waals surface area contributed by atoms with Crippen LogP contribution >= 0.6 is 11.8 Å². The summed E-state index contributed by atoms with van der Waals surface area (Å²) in [4.78, 5) is 12.6. The zero-order valence-corrected chi connectivity index (χ0v) is 12.2. The molecule has 1 aromatic heterocycles. The topological polar surface area (TPSA) is 109 Å². The van der Waals surface area contributed by atoms with Crippen molar-refractivity contribution in [2.24, 2.45) is 10.9 Å². The second-order valence-electron chi connectivity index (χ2n) is 5.00. The normalized spacial score (nSPS) is 15.4. The molecule has 1 heterocycles. The number of amidine groups is 1. The summed E-state index contributed by atoms with van der Waals surface area (Å²) in [6.45, 7) is 1.96. The van der Waals surface area contributed by atoms with E-state index in [4.69, 9.17) is 10.9 Å². The van der Waals surface area contributed by atoms with Gasteiger partial charge in [0.15, 0.2) is 11.0 Å². The van der Waals surface area contributed by atoms with E-state index in [-0.39, 0.29) is 17.6 Å². The summed E-state index contributed by atoms with van der Waals surface area (Å²) in [6.07, 6.45) is 1.99. The summed E-state index contributed by atoms with van der Waals surface area (Å²) < 4.78 is 1.67. The first-order valence-electron chi connectivity index (χ1n) is 6.53. The van der Waals surface area contributed by atoms with Gasteiger partial charge in [0.25, 0.3) is 0 Å². The van der Waals surface area contributed by atoms with Gasteiger partial charge in [-0.2, -0.15) is 0 Å². The molecule has 1 fully saturated rings. The lowest BCUT2D eigenvalue weighted by atomic mass is 10.1. The number of oxime groups is 1. The number of benzene rings is 1. The number of hydrogen-bond donors (Lipinski definition) is 3. The van der Waals surface area contributed by atoms with Gasteiger partial charge in [0, 0.05) is 16.5 Å². The van der Waals surface area contributed by atoms with Crippen molar-refractivity contribution in [1.82, 2.24) is 14.8 Å². The molecule has 1 aliphatic rings. The number of rotatable bonds is 4. The van der Waals surface area contributed by atoms with Crippen LogP contribution in [-0.4, -0.2) is 25.8 Å². The monoisotopic (exact) mass is 305 g/mol. The first-order chi connectivity index (χ1) is 10.1. The highest BCUT2D eigenvalue weighted by Crippen LogP contribution is 2.38. The van der Waals surface area contributed by atoms with Crippen LogP contribution in [0.15, 0.2) is 38.2 Å². The van der Waals surface area contributed by atoms with Gasteiger partial charge in [-0.3, -0.25) is 4.57 Å². The van der Waals surface area contributed by atoms with Gasteiger partial charge in [-0.25, -0.2) is 9.89 Å². The molecule has 0 bridgehead atoms. The number of aromatic amines is 1. The molecule has 0 spiro atoms. The zero-order chi connectivity index (χ0) is 15.0. The minimum absolute atomic E-state index is 0.0355. The van der Waals surface area contributed by atoms with E-state index in [1.54, 1.807) is 10.6 Å². The molecule has 21 heavy (non-hydrogen) atoms. The number of nitrogens with one attached hydrogen (secondary N) is 1. The number of nitrogens with two attached hydrogens (primary N) is 1. The molecular formula is C13H15N5O2S. The average molecular weight is 305 g/mol. The van der Waals surface area contributed by atoms with Crippen LogP contribution in [0.3, 0.4) is 0 Å². The van der Waals surface area contributed by atoms with Crippen LogP contribution in [0.2, 0.25) is 0 Å². The van der Waals surface area contributed by atoms with Gasteiger partial charge in [0.2, 0.25) is 0 Å². The Hall–Kier alpha value is -2.22. The Morgan fingerprint density at radius 2 is 2.33 bits per heavy atom. The van der Waals surface area contributed by atoms with Gasteiger partial charge >= 0.3 is 5.69 Å². The Kier molecular flexibility index (Phi) is 3.46. The second-order valence-corrected chi connectivity index (χ2v) is 6.01. The molecule has 110 valence electrons. The highest BCUT2D eigenvalue weighted by Gasteiger charge is 2.29. The Morgan fingerprint density at radius 3 is 3.00 bits per heavy atom. The van der Waals surface area contributed by atoms with E-state index >= 15 is 0 Å². The fourth-order valence-electron chi connectivity index (χ4n) is 2.09. The summed E-state index contributed by atoms with van der Waals surface area (Å²) >= 11 is 1.34. The van der Waals surface area contributed by atoms with Crippen molar-refractivity contribution in [1.29, 1.82) is 0 Å². The number of aromatic nitrogens is 3. The van der Waals surface area contributed by atoms with Crippen molar-refractivity contribution in [3.05, 3.63) is 39.8 Å². The van der Waals surface area contributed by atoms with Crippen LogP contribution in [0, 0.1) is 6.92 Å². The molecule has 7 nitrogen and oxygen atoms in total. The minimum Gasteiger partial charge on any atom is -0.409 e. The maximum absolute atomic E-state index is 11.8. The molecule has 0 saturated heterocycles. The number of nitrogens with zero attached hydrogens (tertiary/aromatic N) is 3. The summed E-state index contributed by atoms with van der Waals surface area (Å²) in [5, 5.41) is 19.1. The van der Waals surface area contributed by atoms with Gasteiger partial charge < -0.3 is 10.9 Å². The van der Waals surface area contributed by atoms with Crippen molar-refractivity contribution in [2.75, 3.05) is 0 Å². The molecule has 2 aromatic rings. The van der Waals surface area contributed by atoms with Gasteiger partial charge in [0.1, 0.15) is 0 Å². The summed E-state index contributed by atoms with van der Waals surface area (Å²) in [5.74, 6) is 0.0355. The number of H-pyrrole nitrogens is 1. The van der Waals surface area contributed by atoms with Crippen LogP contribution in [0.25, 0.3) is 0 Å². The van der Waals surface area contributed by atoms with Crippen molar-refractivity contribution in [3.63, 3.8) is 0 Å². The molecule has 0 unspecified atom stereocenters. The maximum Gasteiger partial charge on any atom is 0.344 e. The largest absolute Gasteiger partial charge is 0.409 e. The first-order valence-corrected chi connectivity index (χ1v) is 7.35. The predicted molar refractivity (Wildman–Crippen MR) is 78.9 cm³/mol. The maximum atomic E-state index is 11.8. The lowest BCUT2D eigenvalue weighted by molar-refractivity contribution is 0.318. The Balaban J connectivity index is 2.02. The van der Waals surface area contributed by atoms with E-state index in [9.17, 15) is 4.79 Å². The molecule has 8 heteroatoms. The lowest BCUT2D eigenvalue weighted by Gasteiger charge is -2.09. The molecule has 3 rings (SSSR count). The van der Waals surface area contributed by atoms with E-state index in [1.165, 1.54) is 11.8 Å². The minimum atomic E-state index is -0.196. The summed E-state index contributed by atoms with van der Waals surface area (Å²) in [6, 6.07) is 5.83. The fraction of sp³-hybridized carbons (Fsp3) is 0.308. The molecule has 0 aliphatic heterocycles. The molecule has 0 amide bonds. The van der Waals surface area contributed by atoms with Crippen molar-refractivity contribution < 1.29 is 5.21 Å². The van der Waals surface area contributed by atoms with Crippen LogP contribution in [0.1, 0.15) is 30.0 Å². The lowest BCUT2D eigenvalue weighted by Crippen LogP contribution is -2.16. The quantitative estimate of drug-likeness (QED) is 0.343. The summed E-state index contributed by atoms with van der Waals surface area (Å²) in [5.41, 5.74) is 7.17. The molecule has 0 atom stereocenters. The highest BCUT2D eigenvalue weighted by atomic mass is 32.2. The summed E-state index contributed by atoms with van der Waals surface area (Å²) in [7, 11) is 0. The molecule has 1 saturated carbocycles. The number of aryl methyl sites for hydroxylation is 1. The van der Waals surface area contributed by atoms with Crippen molar-refractivity contribution in [2.45, 2.75) is 35.9 Å². The van der Waals surface area contributed by atoms with Gasteiger partial charge in [-0.1, -0.05) is 11.2 Å². The van der Waals surface area contributed by atoms with Crippen LogP contribution in [-0.2, 0) is 0 Å². The van der Waals surface area contributed by atoms with E-state index < -0.39 is 0 Å². The van der Waals surface area contributed by atoms with Crippen molar-refractivity contribution >= 4 is 17.6 Å². The smallest absolute Gasteiger partial charge is 0.344 e. The van der Waals surface area contributed by atoms with Crippen LogP contribution in [0.5, 0.6) is 0 Å². The predicted octanol–water partition coefficient (Wildman–Crippen LogP) is 1.46. The van der Waals surface area contributed by atoms with E-state index in [0.717, 1.165) is 23.3 Å². The van der Waals surface area contributed by atoms with E-state index in [2.05, 4.69) is 15.4 Å². The second kappa shape index (κ2) is 5.28. The molecule has 4 N–H and O–H groups in total. The third-order valence-electron chi connectivity index (χ3n) is 3.31. The number of hydrogen-bond acceptors (Lipinski definition) is 5. The molecule has 1 aliphatic carbocycles. The highest BCUT2D eigenvalue weighted by molar-refractivity contribution is 7.99. The van der Waals surface area contributed by atoms with Gasteiger partial charge in [-0.15, -0.1) is 5.10 Å². The standard InChI is InChI=1S/C13H15N5O2S/c1-7-2-5-9(11(14)17-20)10(6-7)21-13-16-15-12(19)18(13)8-3-4-8/h2,5-6,8,20H,3-4H2,1H3,(H2,14,17)(H,15,19). The van der Waals surface area contributed by atoms with Gasteiger partial charge in [0.05, 0.1) is 0 Å². The van der Waals surface area contributed by atoms with Crippen molar-refractivity contribution in [3.8, 4) is 0 Å². The fourth-order valence-corrected chi connectivity index (χ4v) is 3.24. The molecule has 1 aromatic carbocycles. The van der Waals surface area contributed by atoms with Crippen LogP contribution < -0.4 is 11.4 Å². The first kappa shape index (κ1) is 13.7. The van der Waals surface area contributed by atoms with E-state index in [0.29, 0.717) is 10.7 Å². The molecular weight excluding hydrogens is 290 g/mol. The Bertz CT molecular complexity index is 760. The third kappa shape index (κ3) is 2.66. The Labute approximate surface area is 124 Å². The third-order valence-corrected chi connectivity index (χ3v) is 4.33. The Morgan fingerprint density at radius 1 is 1.57 bits per heavy atom. The average Bonchev–Trinajstić information content (AvgIpc) is 3.23. The van der Waals surface area contributed by atoms with E-state index in [1.807, 2.05) is 19.1 Å². The van der Waals surface area contributed by atoms with Crippen LogP contribution in [0.4, 0.5) is 0 Å². The SMILES string of the molecule is Cc1ccc(C(N)=NO)c(Sc2n[nH]c(=O)n2C2CC2)c1.